The summed E-state index contributed by atoms with van der Waals surface area (Å²) < 4.78 is 43.2. The largest absolute Gasteiger partial charge is 0.448 e. The van der Waals surface area contributed by atoms with Gasteiger partial charge < -0.3 is 10.5 Å². The van der Waals surface area contributed by atoms with Crippen LogP contribution in [0.15, 0.2) is 28.4 Å². The Morgan fingerprint density at radius 1 is 1.50 bits per heavy atom. The van der Waals surface area contributed by atoms with Crippen molar-refractivity contribution in [2.24, 2.45) is 10.7 Å². The maximum Gasteiger partial charge on any atom is 0.417 e. The van der Waals surface area contributed by atoms with Gasteiger partial charge in [-0.1, -0.05) is 0 Å². The first-order valence-corrected chi connectivity index (χ1v) is 6.01. The van der Waals surface area contributed by atoms with Gasteiger partial charge in [-0.15, -0.1) is 11.6 Å². The average molecular weight is 310 g/mol. The number of dihydropyridines is 1. The molecule has 8 heteroatoms. The number of nitrogens with one attached hydrogen (secondary N) is 1. The molecule has 4 nitrogen and oxygen atoms in total. The van der Waals surface area contributed by atoms with Crippen LogP contribution in [0, 0.1) is 5.41 Å². The number of nitrogens with two attached hydrogens (primary N) is 1. The van der Waals surface area contributed by atoms with Crippen molar-refractivity contribution >= 4 is 23.7 Å². The summed E-state index contributed by atoms with van der Waals surface area (Å²) in [5.74, 6) is -0.333. The van der Waals surface area contributed by atoms with Crippen LogP contribution in [0.4, 0.5) is 13.2 Å². The predicted octanol–water partition coefficient (Wildman–Crippen LogP) is 3.13. The second-order valence-electron chi connectivity index (χ2n) is 4.77. The molecule has 2 atom stereocenters. The van der Waals surface area contributed by atoms with E-state index in [1.165, 1.54) is 19.9 Å². The lowest BCUT2D eigenvalue weighted by atomic mass is 9.93. The molecule has 2 unspecified atom stereocenters. The van der Waals surface area contributed by atoms with Crippen molar-refractivity contribution in [3.63, 3.8) is 0 Å². The molecule has 0 aromatic heterocycles. The number of halogens is 4. The van der Waals surface area contributed by atoms with E-state index in [9.17, 15) is 13.2 Å². The van der Waals surface area contributed by atoms with Crippen LogP contribution >= 0.6 is 11.6 Å². The molecule has 1 aliphatic heterocycles. The SMILES string of the molecule is C/C(N)=C/C(=N)OC1(C)N=CC(C(F)(F)F)=CC1(C)Cl. The Morgan fingerprint density at radius 2 is 2.05 bits per heavy atom. The quantitative estimate of drug-likeness (QED) is 0.467. The number of hydrogen-bond donors (Lipinski definition) is 2. The van der Waals surface area contributed by atoms with Gasteiger partial charge in [0, 0.05) is 18.0 Å². The molecule has 1 aliphatic rings. The van der Waals surface area contributed by atoms with E-state index in [0.29, 0.717) is 11.9 Å². The van der Waals surface area contributed by atoms with Crippen LogP contribution in [0.3, 0.4) is 0 Å². The average Bonchev–Trinajstić information content (AvgIpc) is 2.19. The van der Waals surface area contributed by atoms with Crippen LogP contribution in [-0.4, -0.2) is 28.9 Å². The van der Waals surface area contributed by atoms with Gasteiger partial charge in [-0.05, 0) is 26.8 Å². The lowest BCUT2D eigenvalue weighted by Gasteiger charge is -2.39. The van der Waals surface area contributed by atoms with Gasteiger partial charge in [-0.3, -0.25) is 5.41 Å². The molecular weight excluding hydrogens is 295 g/mol. The summed E-state index contributed by atoms with van der Waals surface area (Å²) in [7, 11) is 0. The minimum Gasteiger partial charge on any atom is -0.448 e. The molecule has 3 N–H and O–H groups in total. The van der Waals surface area contributed by atoms with Crippen LogP contribution in [0.5, 0.6) is 0 Å². The highest BCUT2D eigenvalue weighted by Crippen LogP contribution is 2.41. The van der Waals surface area contributed by atoms with Crippen molar-refractivity contribution in [2.75, 3.05) is 0 Å². The Bertz CT molecular complexity index is 505. The van der Waals surface area contributed by atoms with E-state index in [0.717, 1.165) is 6.08 Å². The molecule has 1 heterocycles. The summed E-state index contributed by atoms with van der Waals surface area (Å²) in [5, 5.41) is 7.58. The van der Waals surface area contributed by atoms with Gasteiger partial charge in [0.15, 0.2) is 0 Å². The number of rotatable bonds is 2. The molecule has 0 spiro atoms. The van der Waals surface area contributed by atoms with E-state index in [4.69, 9.17) is 27.5 Å². The molecule has 0 aromatic carbocycles. The van der Waals surface area contributed by atoms with Gasteiger partial charge in [0.1, 0.15) is 4.87 Å². The third-order valence-electron chi connectivity index (χ3n) is 2.78. The zero-order valence-corrected chi connectivity index (χ0v) is 11.9. The second kappa shape index (κ2) is 5.12. The topological polar surface area (TPSA) is 71.5 Å². The Labute approximate surface area is 119 Å². The Balaban J connectivity index is 3.06. The van der Waals surface area contributed by atoms with E-state index in [-0.39, 0.29) is 5.90 Å². The molecule has 20 heavy (non-hydrogen) atoms. The fourth-order valence-corrected chi connectivity index (χ4v) is 1.72. The van der Waals surface area contributed by atoms with Crippen molar-refractivity contribution in [3.8, 4) is 0 Å². The predicted molar refractivity (Wildman–Crippen MR) is 72.0 cm³/mol. The summed E-state index contributed by atoms with van der Waals surface area (Å²) in [6.07, 6.45) is -1.84. The first kappa shape index (κ1) is 16.6. The van der Waals surface area contributed by atoms with Crippen molar-refractivity contribution in [2.45, 2.75) is 37.5 Å². The van der Waals surface area contributed by atoms with E-state index in [2.05, 4.69) is 4.99 Å². The van der Waals surface area contributed by atoms with E-state index >= 15 is 0 Å². The molecule has 0 saturated carbocycles. The Kier molecular flexibility index (Phi) is 4.24. The summed E-state index contributed by atoms with van der Waals surface area (Å²) >= 11 is 6.10. The maximum absolute atomic E-state index is 12.6. The number of aliphatic imine (C=N–C) groups is 1. The second-order valence-corrected chi connectivity index (χ2v) is 5.55. The molecule has 0 bridgehead atoms. The van der Waals surface area contributed by atoms with Crippen molar-refractivity contribution in [1.82, 2.24) is 0 Å². The van der Waals surface area contributed by atoms with Gasteiger partial charge in [0.2, 0.25) is 11.6 Å². The number of nitrogens with zero attached hydrogens (tertiary/aromatic N) is 1. The number of ether oxygens (including phenoxy) is 1. The molecule has 0 aromatic rings. The van der Waals surface area contributed by atoms with E-state index in [1.54, 1.807) is 6.92 Å². The third kappa shape index (κ3) is 3.53. The summed E-state index contributed by atoms with van der Waals surface area (Å²) in [6, 6.07) is 0. The van der Waals surface area contributed by atoms with Crippen molar-refractivity contribution < 1.29 is 17.9 Å². The highest BCUT2D eigenvalue weighted by atomic mass is 35.5. The summed E-state index contributed by atoms with van der Waals surface area (Å²) in [4.78, 5) is 2.17. The highest BCUT2D eigenvalue weighted by molar-refractivity contribution is 6.26. The van der Waals surface area contributed by atoms with E-state index in [1.807, 2.05) is 0 Å². The zero-order valence-electron chi connectivity index (χ0n) is 11.2. The highest BCUT2D eigenvalue weighted by Gasteiger charge is 2.49. The maximum atomic E-state index is 12.6. The summed E-state index contributed by atoms with van der Waals surface area (Å²) in [5.41, 5.74) is 3.23. The third-order valence-corrected chi connectivity index (χ3v) is 3.24. The fourth-order valence-electron chi connectivity index (χ4n) is 1.51. The minimum absolute atomic E-state index is 0.321. The summed E-state index contributed by atoms with van der Waals surface area (Å²) in [6.45, 7) is 4.28. The molecule has 0 aliphatic carbocycles. The lowest BCUT2D eigenvalue weighted by molar-refractivity contribution is -0.0872. The molecule has 0 saturated heterocycles. The van der Waals surface area contributed by atoms with Gasteiger partial charge in [-0.2, -0.15) is 13.2 Å². The molecule has 0 radical (unpaired) electrons. The number of allylic oxidation sites excluding steroid dienone is 2. The van der Waals surface area contributed by atoms with Gasteiger partial charge in [0.05, 0.1) is 5.57 Å². The molecular formula is C12H15ClF3N3O. The first-order chi connectivity index (χ1) is 8.87. The number of alkyl halides is 4. The van der Waals surface area contributed by atoms with Crippen LogP contribution in [0.25, 0.3) is 0 Å². The molecule has 112 valence electrons. The van der Waals surface area contributed by atoms with Crippen LogP contribution in [0.1, 0.15) is 20.8 Å². The van der Waals surface area contributed by atoms with Crippen molar-refractivity contribution in [1.29, 1.82) is 5.41 Å². The monoisotopic (exact) mass is 309 g/mol. The Morgan fingerprint density at radius 3 is 2.45 bits per heavy atom. The fraction of sp³-hybridized carbons (Fsp3) is 0.500. The Hall–Kier alpha value is -1.50. The minimum atomic E-state index is -4.54. The molecule has 0 amide bonds. The standard InChI is InChI=1S/C12H15ClF3N3O/c1-7(17)4-9(18)20-11(3)10(2,13)5-8(6-19-11)12(14,15)16/h4-6,18H,17H2,1-3H3/b7-4-,18-9?. The zero-order chi connectivity index (χ0) is 15.8. The first-order valence-electron chi connectivity index (χ1n) is 5.63. The lowest BCUT2D eigenvalue weighted by Crippen LogP contribution is -2.49. The number of hydrogen-bond acceptors (Lipinski definition) is 4. The van der Waals surface area contributed by atoms with Gasteiger partial charge in [0.25, 0.3) is 0 Å². The van der Waals surface area contributed by atoms with E-state index < -0.39 is 22.3 Å². The molecule has 1 rings (SSSR count). The normalized spacial score (nSPS) is 30.9. The van der Waals surface area contributed by atoms with Gasteiger partial charge in [-0.25, -0.2) is 4.99 Å². The molecule has 0 fully saturated rings. The van der Waals surface area contributed by atoms with Crippen LogP contribution < -0.4 is 5.73 Å². The van der Waals surface area contributed by atoms with Crippen molar-refractivity contribution in [3.05, 3.63) is 23.4 Å². The van der Waals surface area contributed by atoms with Gasteiger partial charge >= 0.3 is 6.18 Å². The smallest absolute Gasteiger partial charge is 0.417 e. The van der Waals surface area contributed by atoms with Crippen LogP contribution in [0.2, 0.25) is 0 Å². The van der Waals surface area contributed by atoms with Crippen LogP contribution in [-0.2, 0) is 4.74 Å².